The fourth-order valence-electron chi connectivity index (χ4n) is 5.62. The summed E-state index contributed by atoms with van der Waals surface area (Å²) in [5, 5.41) is 0.900. The second kappa shape index (κ2) is 10.7. The van der Waals surface area contributed by atoms with Crippen LogP contribution in [0.2, 0.25) is 10.0 Å². The zero-order chi connectivity index (χ0) is 28.0. The predicted octanol–water partition coefficient (Wildman–Crippen LogP) is 5.54. The summed E-state index contributed by atoms with van der Waals surface area (Å²) in [6.45, 7) is 2.03. The van der Waals surface area contributed by atoms with Crippen molar-refractivity contribution in [1.82, 2.24) is 19.4 Å². The first-order chi connectivity index (χ1) is 19.2. The van der Waals surface area contributed by atoms with Gasteiger partial charge < -0.3 is 15.2 Å². The van der Waals surface area contributed by atoms with Gasteiger partial charge in [0.15, 0.2) is 5.78 Å². The number of nitrogens with zero attached hydrogens (tertiary/aromatic N) is 4. The van der Waals surface area contributed by atoms with Gasteiger partial charge in [0.05, 0.1) is 15.8 Å². The summed E-state index contributed by atoms with van der Waals surface area (Å²) in [7, 11) is -4.00. The predicted molar refractivity (Wildman–Crippen MR) is 157 cm³/mol. The molecule has 0 atom stereocenters. The number of piperidine rings is 1. The standard InChI is InChI=1S/C28H28Cl2N6O3S/c29-18-12-19(30)14-23(13-18)40(38,39)34-20-4-1-3-17(11-20)26(37)24-15-36(28-25(24)27(31)32-16-33-28)22-7-9-35(10-8-22)21-5-2-6-21/h1,3-4,11-16,21-22,34H,2,5-10H2,(H2,31,32,33). The minimum atomic E-state index is -4.00. The molecule has 2 aliphatic rings. The molecule has 0 bridgehead atoms. The third-order valence-corrected chi connectivity index (χ3v) is 9.69. The molecule has 0 amide bonds. The minimum Gasteiger partial charge on any atom is -0.383 e. The number of nitrogens with one attached hydrogen (secondary N) is 1. The van der Waals surface area contributed by atoms with Gasteiger partial charge in [-0.1, -0.05) is 41.8 Å². The maximum Gasteiger partial charge on any atom is 0.261 e. The van der Waals surface area contributed by atoms with Crippen LogP contribution in [0.5, 0.6) is 0 Å². The van der Waals surface area contributed by atoms with Gasteiger partial charge in [0.25, 0.3) is 10.0 Å². The Morgan fingerprint density at radius 1 is 0.975 bits per heavy atom. The molecule has 40 heavy (non-hydrogen) atoms. The number of carbonyl (C=O) groups excluding carboxylic acids is 1. The summed E-state index contributed by atoms with van der Waals surface area (Å²) in [6.07, 6.45) is 9.04. The maximum absolute atomic E-state index is 13.8. The molecule has 0 radical (unpaired) electrons. The lowest BCUT2D eigenvalue weighted by molar-refractivity contribution is 0.0873. The van der Waals surface area contributed by atoms with Crippen molar-refractivity contribution in [1.29, 1.82) is 0 Å². The monoisotopic (exact) mass is 598 g/mol. The van der Waals surface area contributed by atoms with Crippen molar-refractivity contribution in [2.45, 2.75) is 49.1 Å². The van der Waals surface area contributed by atoms with E-state index in [-0.39, 0.29) is 38.3 Å². The van der Waals surface area contributed by atoms with Gasteiger partial charge in [-0.25, -0.2) is 18.4 Å². The fourth-order valence-corrected chi connectivity index (χ4v) is 7.39. The van der Waals surface area contributed by atoms with Crippen molar-refractivity contribution in [3.8, 4) is 0 Å². The molecule has 0 unspecified atom stereocenters. The number of sulfonamides is 1. The van der Waals surface area contributed by atoms with Crippen LogP contribution in [0.3, 0.4) is 0 Å². The molecule has 1 aliphatic carbocycles. The van der Waals surface area contributed by atoms with Gasteiger partial charge in [-0.05, 0) is 56.0 Å². The van der Waals surface area contributed by atoms with Crippen molar-refractivity contribution >= 4 is 61.5 Å². The van der Waals surface area contributed by atoms with Gasteiger partial charge >= 0.3 is 0 Å². The molecule has 3 heterocycles. The van der Waals surface area contributed by atoms with Gasteiger partial charge in [0, 0.05) is 52.7 Å². The quantitative estimate of drug-likeness (QED) is 0.268. The largest absolute Gasteiger partial charge is 0.383 e. The fraction of sp³-hybridized carbons (Fsp3) is 0.321. The van der Waals surface area contributed by atoms with E-state index in [4.69, 9.17) is 28.9 Å². The van der Waals surface area contributed by atoms with Gasteiger partial charge in [-0.2, -0.15) is 0 Å². The molecule has 1 saturated carbocycles. The van der Waals surface area contributed by atoms with Crippen LogP contribution in [-0.2, 0) is 10.0 Å². The number of anilines is 2. The highest BCUT2D eigenvalue weighted by Crippen LogP contribution is 2.35. The van der Waals surface area contributed by atoms with E-state index in [2.05, 4.69) is 24.2 Å². The highest BCUT2D eigenvalue weighted by Gasteiger charge is 2.31. The van der Waals surface area contributed by atoms with Crippen LogP contribution in [0.1, 0.15) is 54.1 Å². The number of halogens is 2. The Morgan fingerprint density at radius 2 is 1.70 bits per heavy atom. The molecule has 1 aliphatic heterocycles. The Labute approximate surface area is 242 Å². The third kappa shape index (κ3) is 5.16. The second-order valence-electron chi connectivity index (χ2n) is 10.4. The summed E-state index contributed by atoms with van der Waals surface area (Å²) in [4.78, 5) is 25.0. The van der Waals surface area contributed by atoms with E-state index in [0.717, 1.165) is 25.9 Å². The number of aromatic nitrogens is 3. The van der Waals surface area contributed by atoms with Gasteiger partial charge in [-0.15, -0.1) is 0 Å². The number of fused-ring (bicyclic) bond motifs is 1. The average molecular weight is 600 g/mol. The molecule has 2 fully saturated rings. The molecule has 2 aromatic heterocycles. The topological polar surface area (TPSA) is 123 Å². The average Bonchev–Trinajstić information content (AvgIpc) is 3.28. The number of hydrogen-bond acceptors (Lipinski definition) is 7. The maximum atomic E-state index is 13.8. The lowest BCUT2D eigenvalue weighted by atomic mass is 9.89. The van der Waals surface area contributed by atoms with Crippen molar-refractivity contribution in [3.63, 3.8) is 0 Å². The number of benzene rings is 2. The first-order valence-electron chi connectivity index (χ1n) is 13.2. The van der Waals surface area contributed by atoms with Crippen LogP contribution in [0.4, 0.5) is 11.5 Å². The van der Waals surface area contributed by atoms with E-state index in [1.807, 2.05) is 6.20 Å². The van der Waals surface area contributed by atoms with Crippen LogP contribution in [0, 0.1) is 0 Å². The molecular weight excluding hydrogens is 571 g/mol. The molecule has 4 aromatic rings. The van der Waals surface area contributed by atoms with E-state index in [9.17, 15) is 13.2 Å². The van der Waals surface area contributed by atoms with Crippen LogP contribution in [-0.4, -0.2) is 52.8 Å². The normalized spacial score (nSPS) is 17.1. The van der Waals surface area contributed by atoms with Crippen molar-refractivity contribution in [2.24, 2.45) is 0 Å². The number of rotatable bonds is 7. The zero-order valence-corrected chi connectivity index (χ0v) is 23.9. The molecule has 9 nitrogen and oxygen atoms in total. The Kier molecular flexibility index (Phi) is 7.20. The van der Waals surface area contributed by atoms with Crippen molar-refractivity contribution < 1.29 is 13.2 Å². The molecule has 208 valence electrons. The Morgan fingerprint density at radius 3 is 2.38 bits per heavy atom. The highest BCUT2D eigenvalue weighted by atomic mass is 35.5. The van der Waals surface area contributed by atoms with Crippen LogP contribution < -0.4 is 10.5 Å². The molecule has 1 saturated heterocycles. The number of nitrogens with two attached hydrogens (primary N) is 1. The van der Waals surface area contributed by atoms with Crippen LogP contribution in [0.25, 0.3) is 11.0 Å². The SMILES string of the molecule is Nc1ncnc2c1c(C(=O)c1cccc(NS(=O)(=O)c3cc(Cl)cc(Cl)c3)c1)cn2C1CCN(C2CCC2)CC1. The smallest absolute Gasteiger partial charge is 0.261 e. The van der Waals surface area contributed by atoms with Crippen LogP contribution in [0.15, 0.2) is 59.9 Å². The Bertz CT molecular complexity index is 1690. The number of likely N-dealkylation sites (tertiary alicyclic amines) is 1. The Hall–Kier alpha value is -3.18. The molecule has 0 spiro atoms. The van der Waals surface area contributed by atoms with E-state index >= 15 is 0 Å². The van der Waals surface area contributed by atoms with Gasteiger partial charge in [-0.3, -0.25) is 9.52 Å². The molecule has 3 N–H and O–H groups in total. The summed E-state index contributed by atoms with van der Waals surface area (Å²) in [5.74, 6) is -0.0716. The molecular formula is C28H28Cl2N6O3S. The van der Waals surface area contributed by atoms with E-state index in [1.54, 1.807) is 18.2 Å². The third-order valence-electron chi connectivity index (χ3n) is 7.89. The van der Waals surface area contributed by atoms with E-state index < -0.39 is 10.0 Å². The summed E-state index contributed by atoms with van der Waals surface area (Å²) >= 11 is 12.0. The zero-order valence-electron chi connectivity index (χ0n) is 21.6. The second-order valence-corrected chi connectivity index (χ2v) is 12.9. The van der Waals surface area contributed by atoms with Crippen molar-refractivity contribution in [3.05, 3.63) is 76.2 Å². The molecule has 12 heteroatoms. The first-order valence-corrected chi connectivity index (χ1v) is 15.4. The van der Waals surface area contributed by atoms with Crippen LogP contribution >= 0.6 is 23.2 Å². The summed E-state index contributed by atoms with van der Waals surface area (Å²) < 4.78 is 30.6. The summed E-state index contributed by atoms with van der Waals surface area (Å²) in [6, 6.07) is 11.3. The number of carbonyl (C=O) groups is 1. The van der Waals surface area contributed by atoms with E-state index in [1.165, 1.54) is 49.9 Å². The lowest BCUT2D eigenvalue weighted by Crippen LogP contribution is -2.45. The Balaban J connectivity index is 1.29. The molecule has 6 rings (SSSR count). The number of hydrogen-bond donors (Lipinski definition) is 2. The number of ketones is 1. The van der Waals surface area contributed by atoms with E-state index in [0.29, 0.717) is 28.2 Å². The molecule has 2 aromatic carbocycles. The van der Waals surface area contributed by atoms with Crippen molar-refractivity contribution in [2.75, 3.05) is 23.5 Å². The first kappa shape index (κ1) is 27.0. The summed E-state index contributed by atoms with van der Waals surface area (Å²) in [5.41, 5.74) is 7.80. The van der Waals surface area contributed by atoms with Gasteiger partial charge in [0.2, 0.25) is 0 Å². The minimum absolute atomic E-state index is 0.0851. The highest BCUT2D eigenvalue weighted by molar-refractivity contribution is 7.92. The number of nitrogen functional groups attached to an aromatic ring is 1. The van der Waals surface area contributed by atoms with Gasteiger partial charge in [0.1, 0.15) is 17.8 Å². The lowest BCUT2D eigenvalue weighted by Gasteiger charge is -2.42.